The molecule has 0 aliphatic heterocycles. The maximum Gasteiger partial charge on any atom is 0.264 e. The zero-order chi connectivity index (χ0) is 20.3. The molecule has 0 saturated carbocycles. The Balaban J connectivity index is 1.93. The number of benzene rings is 2. The van der Waals surface area contributed by atoms with Gasteiger partial charge in [0.1, 0.15) is 11.6 Å². The second-order valence-electron chi connectivity index (χ2n) is 5.76. The third kappa shape index (κ3) is 4.13. The molecule has 0 aliphatic carbocycles. The standard InChI is InChI=1S/C19H15ClFN3O3S/c1-24(14-7-5-13(21)6-8-14)28(26,27)15-9-10-17(20)16(12-15)19(25)23-18-4-2-3-11-22-18/h2-12H,1H3,(H,22,23,25). The third-order valence-electron chi connectivity index (χ3n) is 3.94. The Bertz CT molecular complexity index is 1110. The number of rotatable bonds is 5. The van der Waals surface area contributed by atoms with E-state index in [1.807, 2.05) is 0 Å². The van der Waals surface area contributed by atoms with Crippen molar-refractivity contribution in [3.63, 3.8) is 0 Å². The van der Waals surface area contributed by atoms with Gasteiger partial charge in [-0.2, -0.15) is 0 Å². The summed E-state index contributed by atoms with van der Waals surface area (Å²) in [6.45, 7) is 0. The van der Waals surface area contributed by atoms with Crippen LogP contribution >= 0.6 is 11.6 Å². The van der Waals surface area contributed by atoms with E-state index in [4.69, 9.17) is 11.6 Å². The first-order chi connectivity index (χ1) is 13.3. The zero-order valence-corrected chi connectivity index (χ0v) is 16.2. The topological polar surface area (TPSA) is 79.4 Å². The molecule has 28 heavy (non-hydrogen) atoms. The number of carbonyl (C=O) groups is 1. The fourth-order valence-corrected chi connectivity index (χ4v) is 3.83. The van der Waals surface area contributed by atoms with E-state index >= 15 is 0 Å². The van der Waals surface area contributed by atoms with Crippen LogP contribution in [0.25, 0.3) is 0 Å². The number of sulfonamides is 1. The van der Waals surface area contributed by atoms with Gasteiger partial charge in [-0.3, -0.25) is 9.10 Å². The maximum atomic E-state index is 13.1. The van der Waals surface area contributed by atoms with Crippen LogP contribution < -0.4 is 9.62 Å². The molecule has 0 aliphatic rings. The van der Waals surface area contributed by atoms with Gasteiger partial charge in [0, 0.05) is 13.2 Å². The second-order valence-corrected chi connectivity index (χ2v) is 8.14. The van der Waals surface area contributed by atoms with E-state index in [0.29, 0.717) is 5.82 Å². The van der Waals surface area contributed by atoms with Crippen LogP contribution in [-0.2, 0) is 10.0 Å². The van der Waals surface area contributed by atoms with Crippen LogP contribution in [0.3, 0.4) is 0 Å². The molecule has 0 bridgehead atoms. The summed E-state index contributed by atoms with van der Waals surface area (Å²) < 4.78 is 39.9. The van der Waals surface area contributed by atoms with Crippen LogP contribution in [0.2, 0.25) is 5.02 Å². The first kappa shape index (κ1) is 19.8. The lowest BCUT2D eigenvalue weighted by molar-refractivity contribution is 0.102. The minimum Gasteiger partial charge on any atom is -0.307 e. The highest BCUT2D eigenvalue weighted by Gasteiger charge is 2.24. The van der Waals surface area contributed by atoms with Gasteiger partial charge < -0.3 is 5.32 Å². The summed E-state index contributed by atoms with van der Waals surface area (Å²) in [4.78, 5) is 16.4. The summed E-state index contributed by atoms with van der Waals surface area (Å²) in [6, 6.07) is 13.8. The van der Waals surface area contributed by atoms with Crippen molar-refractivity contribution in [2.24, 2.45) is 0 Å². The van der Waals surface area contributed by atoms with E-state index in [2.05, 4.69) is 10.3 Å². The van der Waals surface area contributed by atoms with E-state index in [0.717, 1.165) is 16.4 Å². The molecule has 0 saturated heterocycles. The molecule has 1 N–H and O–H groups in total. The number of amides is 1. The molecule has 0 atom stereocenters. The number of halogens is 2. The molecule has 0 unspecified atom stereocenters. The fourth-order valence-electron chi connectivity index (χ4n) is 2.41. The Kier molecular flexibility index (Phi) is 5.62. The Morgan fingerprint density at radius 1 is 1.11 bits per heavy atom. The van der Waals surface area contributed by atoms with Gasteiger partial charge in [-0.15, -0.1) is 0 Å². The smallest absolute Gasteiger partial charge is 0.264 e. The molecule has 0 radical (unpaired) electrons. The van der Waals surface area contributed by atoms with E-state index in [1.54, 1.807) is 18.2 Å². The number of hydrogen-bond donors (Lipinski definition) is 1. The second kappa shape index (κ2) is 7.95. The molecule has 0 fully saturated rings. The first-order valence-corrected chi connectivity index (χ1v) is 9.87. The minimum absolute atomic E-state index is 0.0131. The Hall–Kier alpha value is -2.97. The monoisotopic (exact) mass is 419 g/mol. The molecular weight excluding hydrogens is 405 g/mol. The SMILES string of the molecule is CN(c1ccc(F)cc1)S(=O)(=O)c1ccc(Cl)c(C(=O)Nc2ccccn2)c1. The largest absolute Gasteiger partial charge is 0.307 e. The van der Waals surface area contributed by atoms with E-state index in [1.165, 1.54) is 43.6 Å². The predicted molar refractivity (Wildman–Crippen MR) is 106 cm³/mol. The quantitative estimate of drug-likeness (QED) is 0.679. The van der Waals surface area contributed by atoms with Crippen molar-refractivity contribution in [2.45, 2.75) is 4.90 Å². The number of anilines is 2. The van der Waals surface area contributed by atoms with Crippen molar-refractivity contribution >= 4 is 39.0 Å². The molecular formula is C19H15ClFN3O3S. The molecule has 0 spiro atoms. The van der Waals surface area contributed by atoms with Crippen LogP contribution in [-0.4, -0.2) is 26.4 Å². The van der Waals surface area contributed by atoms with Crippen molar-refractivity contribution in [2.75, 3.05) is 16.7 Å². The maximum absolute atomic E-state index is 13.1. The summed E-state index contributed by atoms with van der Waals surface area (Å²) in [5.41, 5.74) is 0.261. The van der Waals surface area contributed by atoms with Crippen LogP contribution in [0.5, 0.6) is 0 Å². The average Bonchev–Trinajstić information content (AvgIpc) is 2.69. The van der Waals surface area contributed by atoms with Crippen LogP contribution in [0, 0.1) is 5.82 Å². The highest BCUT2D eigenvalue weighted by Crippen LogP contribution is 2.26. The van der Waals surface area contributed by atoms with Crippen LogP contribution in [0.15, 0.2) is 71.8 Å². The van der Waals surface area contributed by atoms with Gasteiger partial charge in [-0.25, -0.2) is 17.8 Å². The molecule has 144 valence electrons. The molecule has 3 rings (SSSR count). The van der Waals surface area contributed by atoms with Gasteiger partial charge in [0.05, 0.1) is 21.2 Å². The summed E-state index contributed by atoms with van der Waals surface area (Å²) >= 11 is 6.09. The lowest BCUT2D eigenvalue weighted by atomic mass is 10.2. The lowest BCUT2D eigenvalue weighted by Gasteiger charge is -2.20. The fraction of sp³-hybridized carbons (Fsp3) is 0.0526. The lowest BCUT2D eigenvalue weighted by Crippen LogP contribution is -2.27. The highest BCUT2D eigenvalue weighted by atomic mass is 35.5. The Morgan fingerprint density at radius 2 is 1.82 bits per heavy atom. The number of hydrogen-bond acceptors (Lipinski definition) is 4. The van der Waals surface area contributed by atoms with Gasteiger partial charge in [0.15, 0.2) is 0 Å². The Morgan fingerprint density at radius 3 is 2.46 bits per heavy atom. The minimum atomic E-state index is -3.99. The van der Waals surface area contributed by atoms with E-state index in [9.17, 15) is 17.6 Å². The molecule has 9 heteroatoms. The summed E-state index contributed by atoms with van der Waals surface area (Å²) in [7, 11) is -2.66. The van der Waals surface area contributed by atoms with E-state index in [-0.39, 0.29) is 21.2 Å². The van der Waals surface area contributed by atoms with Gasteiger partial charge >= 0.3 is 0 Å². The molecule has 6 nitrogen and oxygen atoms in total. The van der Waals surface area contributed by atoms with Gasteiger partial charge in [0.25, 0.3) is 15.9 Å². The van der Waals surface area contributed by atoms with Crippen molar-refractivity contribution in [1.82, 2.24) is 4.98 Å². The highest BCUT2D eigenvalue weighted by molar-refractivity contribution is 7.92. The van der Waals surface area contributed by atoms with Crippen LogP contribution in [0.1, 0.15) is 10.4 Å². The van der Waals surface area contributed by atoms with Crippen molar-refractivity contribution in [3.05, 3.63) is 83.3 Å². The zero-order valence-electron chi connectivity index (χ0n) is 14.6. The number of nitrogens with one attached hydrogen (secondary N) is 1. The number of aromatic nitrogens is 1. The summed E-state index contributed by atoms with van der Waals surface area (Å²) in [5, 5.41) is 2.65. The van der Waals surface area contributed by atoms with Gasteiger partial charge in [-0.1, -0.05) is 17.7 Å². The van der Waals surface area contributed by atoms with Crippen LogP contribution in [0.4, 0.5) is 15.9 Å². The van der Waals surface area contributed by atoms with Gasteiger partial charge in [-0.05, 0) is 54.6 Å². The number of pyridine rings is 1. The van der Waals surface area contributed by atoms with Crippen molar-refractivity contribution < 1.29 is 17.6 Å². The summed E-state index contributed by atoms with van der Waals surface area (Å²) in [6.07, 6.45) is 1.51. The average molecular weight is 420 g/mol. The molecule has 1 amide bonds. The predicted octanol–water partition coefficient (Wildman–Crippen LogP) is 3.95. The number of nitrogens with zero attached hydrogens (tertiary/aromatic N) is 2. The molecule has 1 aromatic heterocycles. The molecule has 1 heterocycles. The van der Waals surface area contributed by atoms with Gasteiger partial charge in [0.2, 0.25) is 0 Å². The molecule has 2 aromatic carbocycles. The Labute approximate surface area is 166 Å². The number of carbonyl (C=O) groups excluding carboxylic acids is 1. The third-order valence-corrected chi connectivity index (χ3v) is 6.05. The first-order valence-electron chi connectivity index (χ1n) is 8.05. The van der Waals surface area contributed by atoms with Crippen molar-refractivity contribution in [3.8, 4) is 0 Å². The summed E-state index contributed by atoms with van der Waals surface area (Å²) in [5.74, 6) is -0.764. The molecule has 3 aromatic rings. The van der Waals surface area contributed by atoms with Crippen molar-refractivity contribution in [1.29, 1.82) is 0 Å². The van der Waals surface area contributed by atoms with E-state index < -0.39 is 21.7 Å². The normalized spacial score (nSPS) is 11.1.